The minimum Gasteiger partial charge on any atom is -0.497 e. The average molecular weight is 336 g/mol. The molecule has 0 saturated carbocycles. The molecule has 2 aromatic rings. The Hall–Kier alpha value is -1.88. The van der Waals surface area contributed by atoms with E-state index in [0.717, 1.165) is 16.9 Å². The van der Waals surface area contributed by atoms with E-state index in [2.05, 4.69) is 20.9 Å². The third-order valence-corrected chi connectivity index (χ3v) is 3.47. The molecule has 0 spiro atoms. The molecule has 0 atom stereocenters. The fourth-order valence-corrected chi connectivity index (χ4v) is 2.26. The second-order valence-corrected chi connectivity index (χ2v) is 4.62. The first kappa shape index (κ1) is 14.5. The summed E-state index contributed by atoms with van der Waals surface area (Å²) in [5, 5.41) is 0.544. The first-order chi connectivity index (χ1) is 9.69. The summed E-state index contributed by atoms with van der Waals surface area (Å²) in [5.74, 6) is 0.303. The lowest BCUT2D eigenvalue weighted by Gasteiger charge is -2.08. The van der Waals surface area contributed by atoms with Crippen LogP contribution in [-0.2, 0) is 10.1 Å². The molecule has 1 aromatic carbocycles. The quantitative estimate of drug-likeness (QED) is 0.634. The minimum atomic E-state index is -0.441. The van der Waals surface area contributed by atoms with E-state index < -0.39 is 5.97 Å². The maximum atomic E-state index is 11.8. The fourth-order valence-electron chi connectivity index (χ4n) is 1.81. The lowest BCUT2D eigenvalue weighted by molar-refractivity contribution is 0.0593. The second kappa shape index (κ2) is 6.52. The number of hydrogen-bond acceptors (Lipinski definition) is 4. The molecule has 0 N–H and O–H groups in total. The van der Waals surface area contributed by atoms with Crippen LogP contribution in [-0.4, -0.2) is 25.2 Å². The van der Waals surface area contributed by atoms with Crippen LogP contribution in [0, 0.1) is 0 Å². The largest absolute Gasteiger partial charge is 0.497 e. The summed E-state index contributed by atoms with van der Waals surface area (Å²) in [6, 6.07) is 11.3. The van der Waals surface area contributed by atoms with E-state index in [1.165, 1.54) is 7.11 Å². The van der Waals surface area contributed by atoms with Crippen LogP contribution < -0.4 is 4.74 Å². The van der Waals surface area contributed by atoms with Crippen molar-refractivity contribution in [2.24, 2.45) is 0 Å². The Morgan fingerprint density at radius 2 is 2.05 bits per heavy atom. The molecule has 0 bridgehead atoms. The highest BCUT2D eigenvalue weighted by atomic mass is 79.9. The van der Waals surface area contributed by atoms with Crippen LogP contribution in [0.15, 0.2) is 36.4 Å². The van der Waals surface area contributed by atoms with Gasteiger partial charge in [0.2, 0.25) is 0 Å². The topological polar surface area (TPSA) is 48.4 Å². The van der Waals surface area contributed by atoms with E-state index in [1.54, 1.807) is 7.11 Å². The molecular weight excluding hydrogens is 322 g/mol. The molecule has 0 fully saturated rings. The number of nitrogens with zero attached hydrogens (tertiary/aromatic N) is 1. The third-order valence-electron chi connectivity index (χ3n) is 2.87. The lowest BCUT2D eigenvalue weighted by Crippen LogP contribution is -2.08. The molecule has 0 radical (unpaired) electrons. The zero-order valence-electron chi connectivity index (χ0n) is 11.2. The smallest absolute Gasteiger partial charge is 0.356 e. The van der Waals surface area contributed by atoms with Gasteiger partial charge < -0.3 is 9.47 Å². The summed E-state index contributed by atoms with van der Waals surface area (Å²) in [4.78, 5) is 16.2. The molecular formula is C15H14BrNO3. The van der Waals surface area contributed by atoms with E-state index >= 15 is 0 Å². The summed E-state index contributed by atoms with van der Waals surface area (Å²) in [7, 11) is 2.96. The Balaban J connectivity index is 2.49. The number of rotatable bonds is 4. The molecule has 0 aliphatic heterocycles. The summed E-state index contributed by atoms with van der Waals surface area (Å²) in [6.45, 7) is 0. The van der Waals surface area contributed by atoms with Gasteiger partial charge in [-0.15, -0.1) is 0 Å². The Kier molecular flexibility index (Phi) is 4.74. The number of halogens is 1. The zero-order valence-corrected chi connectivity index (χ0v) is 12.8. The van der Waals surface area contributed by atoms with Crippen LogP contribution in [0.1, 0.15) is 16.1 Å². The molecule has 104 valence electrons. The normalized spacial score (nSPS) is 10.2. The zero-order chi connectivity index (χ0) is 14.5. The first-order valence-electron chi connectivity index (χ1n) is 5.98. The summed E-state index contributed by atoms with van der Waals surface area (Å²) >= 11 is 3.34. The Labute approximate surface area is 125 Å². The number of pyridine rings is 1. The molecule has 0 saturated heterocycles. The van der Waals surface area contributed by atoms with Gasteiger partial charge in [-0.1, -0.05) is 34.1 Å². The van der Waals surface area contributed by atoms with Gasteiger partial charge in [0.1, 0.15) is 5.75 Å². The molecule has 1 aromatic heterocycles. The number of benzene rings is 1. The van der Waals surface area contributed by atoms with Crippen molar-refractivity contribution in [1.29, 1.82) is 0 Å². The number of hydrogen-bond donors (Lipinski definition) is 0. The number of aromatic nitrogens is 1. The van der Waals surface area contributed by atoms with Crippen molar-refractivity contribution in [1.82, 2.24) is 4.98 Å². The highest BCUT2D eigenvalue weighted by Gasteiger charge is 2.14. The van der Waals surface area contributed by atoms with Crippen LogP contribution >= 0.6 is 15.9 Å². The van der Waals surface area contributed by atoms with Crippen molar-refractivity contribution in [2.45, 2.75) is 5.33 Å². The molecule has 20 heavy (non-hydrogen) atoms. The van der Waals surface area contributed by atoms with Crippen molar-refractivity contribution in [3.63, 3.8) is 0 Å². The number of esters is 1. The fraction of sp³-hybridized carbons (Fsp3) is 0.200. The van der Waals surface area contributed by atoms with Crippen LogP contribution in [0.3, 0.4) is 0 Å². The molecule has 0 aliphatic rings. The molecule has 1 heterocycles. The van der Waals surface area contributed by atoms with Gasteiger partial charge in [0.15, 0.2) is 5.69 Å². The Bertz CT molecular complexity index is 628. The van der Waals surface area contributed by atoms with Crippen LogP contribution in [0.2, 0.25) is 0 Å². The van der Waals surface area contributed by atoms with Crippen molar-refractivity contribution >= 4 is 21.9 Å². The lowest BCUT2D eigenvalue weighted by atomic mass is 10.1. The highest BCUT2D eigenvalue weighted by Crippen LogP contribution is 2.24. The SMILES string of the molecule is COC(=O)c1nc(-c2cccc(OC)c2)ccc1CBr. The van der Waals surface area contributed by atoms with Gasteiger partial charge in [-0.25, -0.2) is 9.78 Å². The van der Waals surface area contributed by atoms with Crippen molar-refractivity contribution < 1.29 is 14.3 Å². The Morgan fingerprint density at radius 3 is 2.70 bits per heavy atom. The van der Waals surface area contributed by atoms with Gasteiger partial charge in [-0.05, 0) is 23.8 Å². The van der Waals surface area contributed by atoms with Crippen molar-refractivity contribution in [3.8, 4) is 17.0 Å². The number of alkyl halides is 1. The van der Waals surface area contributed by atoms with Crippen LogP contribution in [0.5, 0.6) is 5.75 Å². The predicted octanol–water partition coefficient (Wildman–Crippen LogP) is 3.44. The van der Waals surface area contributed by atoms with E-state index in [1.807, 2.05) is 36.4 Å². The highest BCUT2D eigenvalue weighted by molar-refractivity contribution is 9.08. The first-order valence-corrected chi connectivity index (χ1v) is 7.10. The number of methoxy groups -OCH3 is 2. The van der Waals surface area contributed by atoms with Gasteiger partial charge in [-0.2, -0.15) is 0 Å². The van der Waals surface area contributed by atoms with Gasteiger partial charge in [0.25, 0.3) is 0 Å². The van der Waals surface area contributed by atoms with Gasteiger partial charge in [0.05, 0.1) is 19.9 Å². The van der Waals surface area contributed by atoms with Gasteiger partial charge >= 0.3 is 5.97 Å². The predicted molar refractivity (Wildman–Crippen MR) is 80.2 cm³/mol. The maximum absolute atomic E-state index is 11.8. The second-order valence-electron chi connectivity index (χ2n) is 4.06. The number of ether oxygens (including phenoxy) is 2. The summed E-state index contributed by atoms with van der Waals surface area (Å²) < 4.78 is 9.96. The minimum absolute atomic E-state index is 0.324. The standard InChI is InChI=1S/C15H14BrNO3/c1-19-12-5-3-4-10(8-12)13-7-6-11(9-16)14(17-13)15(18)20-2/h3-8H,9H2,1-2H3. The number of carbonyl (C=O) groups is 1. The van der Waals surface area contributed by atoms with E-state index in [-0.39, 0.29) is 0 Å². The number of carbonyl (C=O) groups excluding carboxylic acids is 1. The van der Waals surface area contributed by atoms with Crippen LogP contribution in [0.4, 0.5) is 0 Å². The average Bonchev–Trinajstić information content (AvgIpc) is 2.53. The maximum Gasteiger partial charge on any atom is 0.356 e. The molecule has 5 heteroatoms. The molecule has 2 rings (SSSR count). The monoisotopic (exact) mass is 335 g/mol. The van der Waals surface area contributed by atoms with Crippen molar-refractivity contribution in [3.05, 3.63) is 47.7 Å². The van der Waals surface area contributed by atoms with Crippen molar-refractivity contribution in [2.75, 3.05) is 14.2 Å². The summed E-state index contributed by atoms with van der Waals surface area (Å²) in [5.41, 5.74) is 2.71. The van der Waals surface area contributed by atoms with Gasteiger partial charge in [0, 0.05) is 10.9 Å². The van der Waals surface area contributed by atoms with Gasteiger partial charge in [-0.3, -0.25) is 0 Å². The van der Waals surface area contributed by atoms with Crippen LogP contribution in [0.25, 0.3) is 11.3 Å². The molecule has 0 unspecified atom stereocenters. The van der Waals surface area contributed by atoms with E-state index in [4.69, 9.17) is 9.47 Å². The molecule has 4 nitrogen and oxygen atoms in total. The van der Waals surface area contributed by atoms with E-state index in [9.17, 15) is 4.79 Å². The third kappa shape index (κ3) is 2.99. The summed E-state index contributed by atoms with van der Waals surface area (Å²) in [6.07, 6.45) is 0. The molecule has 0 aliphatic carbocycles. The van der Waals surface area contributed by atoms with E-state index in [0.29, 0.717) is 16.7 Å². The Morgan fingerprint density at radius 1 is 1.25 bits per heavy atom. The molecule has 0 amide bonds.